The smallest absolute Gasteiger partial charge is 0.134 e. The summed E-state index contributed by atoms with van der Waals surface area (Å²) in [5, 5.41) is 0. The number of methoxy groups -OCH3 is 1. The van der Waals surface area contributed by atoms with Crippen molar-refractivity contribution in [1.82, 2.24) is 0 Å². The van der Waals surface area contributed by atoms with Crippen LogP contribution in [-0.4, -0.2) is 13.7 Å². The van der Waals surface area contributed by atoms with E-state index in [-0.39, 0.29) is 5.82 Å². The zero-order valence-electron chi connectivity index (χ0n) is 10.8. The van der Waals surface area contributed by atoms with Crippen LogP contribution in [0.25, 0.3) is 11.1 Å². The number of rotatable bonds is 2. The second-order valence-electron chi connectivity index (χ2n) is 4.56. The number of hydrogen-bond acceptors (Lipinski definition) is 2. The molecule has 0 amide bonds. The van der Waals surface area contributed by atoms with Gasteiger partial charge in [-0.3, -0.25) is 0 Å². The fourth-order valence-electron chi connectivity index (χ4n) is 2.52. The van der Waals surface area contributed by atoms with Gasteiger partial charge in [0.2, 0.25) is 0 Å². The van der Waals surface area contributed by atoms with E-state index < -0.39 is 0 Å². The van der Waals surface area contributed by atoms with Gasteiger partial charge in [0, 0.05) is 5.56 Å². The monoisotopic (exact) mass is 258 g/mol. The van der Waals surface area contributed by atoms with Gasteiger partial charge in [-0.2, -0.15) is 0 Å². The first kappa shape index (κ1) is 12.0. The molecule has 3 heteroatoms. The second-order valence-corrected chi connectivity index (χ2v) is 4.56. The van der Waals surface area contributed by atoms with E-state index in [1.165, 1.54) is 6.07 Å². The van der Waals surface area contributed by atoms with Gasteiger partial charge < -0.3 is 9.47 Å². The molecule has 1 aliphatic heterocycles. The second kappa shape index (κ2) is 4.92. The van der Waals surface area contributed by atoms with Gasteiger partial charge in [-0.1, -0.05) is 24.3 Å². The Morgan fingerprint density at radius 2 is 2.00 bits per heavy atom. The molecule has 0 radical (unpaired) electrons. The molecule has 3 rings (SSSR count). The zero-order chi connectivity index (χ0) is 13.2. The van der Waals surface area contributed by atoms with Crippen LogP contribution in [0.2, 0.25) is 0 Å². The first-order valence-electron chi connectivity index (χ1n) is 6.39. The third-order valence-corrected chi connectivity index (χ3v) is 3.40. The lowest BCUT2D eigenvalue weighted by molar-refractivity contribution is 0.289. The first-order valence-corrected chi connectivity index (χ1v) is 6.39. The highest BCUT2D eigenvalue weighted by molar-refractivity contribution is 5.77. The fraction of sp³-hybridized carbons (Fsp3) is 0.250. The lowest BCUT2D eigenvalue weighted by Gasteiger charge is -2.21. The van der Waals surface area contributed by atoms with Gasteiger partial charge in [-0.15, -0.1) is 0 Å². The molecule has 0 unspecified atom stereocenters. The number of halogens is 1. The number of hydrogen-bond donors (Lipinski definition) is 0. The highest BCUT2D eigenvalue weighted by Gasteiger charge is 2.20. The third-order valence-electron chi connectivity index (χ3n) is 3.40. The van der Waals surface area contributed by atoms with E-state index in [0.29, 0.717) is 17.9 Å². The van der Waals surface area contributed by atoms with Crippen LogP contribution in [0.3, 0.4) is 0 Å². The summed E-state index contributed by atoms with van der Waals surface area (Å²) in [6, 6.07) is 10.7. The molecule has 19 heavy (non-hydrogen) atoms. The van der Waals surface area contributed by atoms with Crippen molar-refractivity contribution in [2.75, 3.05) is 13.7 Å². The topological polar surface area (TPSA) is 18.5 Å². The molecule has 0 saturated heterocycles. The van der Waals surface area contributed by atoms with E-state index in [1.807, 2.05) is 18.2 Å². The maximum Gasteiger partial charge on any atom is 0.134 e. The molecule has 0 aromatic heterocycles. The summed E-state index contributed by atoms with van der Waals surface area (Å²) < 4.78 is 25.2. The molecular weight excluding hydrogens is 243 g/mol. The average molecular weight is 258 g/mol. The maximum atomic E-state index is 14.2. The first-order chi connectivity index (χ1) is 9.31. The van der Waals surface area contributed by atoms with Crippen molar-refractivity contribution in [3.05, 3.63) is 47.8 Å². The number of aryl methyl sites for hydroxylation is 1. The number of benzene rings is 2. The third kappa shape index (κ3) is 2.05. The predicted molar refractivity (Wildman–Crippen MR) is 72.2 cm³/mol. The zero-order valence-corrected chi connectivity index (χ0v) is 10.8. The Morgan fingerprint density at radius 3 is 2.84 bits per heavy atom. The minimum atomic E-state index is -0.290. The van der Waals surface area contributed by atoms with Crippen LogP contribution in [0, 0.1) is 5.82 Å². The quantitative estimate of drug-likeness (QED) is 0.815. The van der Waals surface area contributed by atoms with Crippen LogP contribution in [0.15, 0.2) is 36.4 Å². The molecule has 0 bridgehead atoms. The summed E-state index contributed by atoms with van der Waals surface area (Å²) >= 11 is 0. The van der Waals surface area contributed by atoms with Crippen molar-refractivity contribution in [2.45, 2.75) is 12.8 Å². The molecular formula is C16H15FO2. The number of para-hydroxylation sites is 1. The molecule has 0 atom stereocenters. The fourth-order valence-corrected chi connectivity index (χ4v) is 2.52. The van der Waals surface area contributed by atoms with Gasteiger partial charge in [-0.25, -0.2) is 4.39 Å². The molecule has 1 heterocycles. The summed E-state index contributed by atoms with van der Waals surface area (Å²) in [5.74, 6) is 1.03. The van der Waals surface area contributed by atoms with Crippen molar-refractivity contribution in [1.29, 1.82) is 0 Å². The van der Waals surface area contributed by atoms with E-state index in [4.69, 9.17) is 9.47 Å². The van der Waals surface area contributed by atoms with Crippen LogP contribution in [-0.2, 0) is 6.42 Å². The van der Waals surface area contributed by atoms with Gasteiger partial charge in [0.25, 0.3) is 0 Å². The number of ether oxygens (including phenoxy) is 2. The van der Waals surface area contributed by atoms with Gasteiger partial charge >= 0.3 is 0 Å². The van der Waals surface area contributed by atoms with Crippen LogP contribution in [0.4, 0.5) is 4.39 Å². The average Bonchev–Trinajstić information content (AvgIpc) is 2.46. The van der Waals surface area contributed by atoms with Crippen LogP contribution < -0.4 is 9.47 Å². The Morgan fingerprint density at radius 1 is 1.16 bits per heavy atom. The summed E-state index contributed by atoms with van der Waals surface area (Å²) in [6.07, 6.45) is 1.98. The van der Waals surface area contributed by atoms with E-state index in [9.17, 15) is 4.39 Å². The minimum absolute atomic E-state index is 0.290. The van der Waals surface area contributed by atoms with E-state index in [1.54, 1.807) is 19.2 Å². The molecule has 98 valence electrons. The van der Waals surface area contributed by atoms with Crippen LogP contribution >= 0.6 is 0 Å². The molecule has 0 spiro atoms. The molecule has 2 aromatic carbocycles. The van der Waals surface area contributed by atoms with Gasteiger partial charge in [0.15, 0.2) is 0 Å². The predicted octanol–water partition coefficient (Wildman–Crippen LogP) is 3.83. The minimum Gasteiger partial charge on any atom is -0.496 e. The lowest BCUT2D eigenvalue weighted by Crippen LogP contribution is -2.09. The Bertz CT molecular complexity index is 608. The number of fused-ring (bicyclic) bond motifs is 1. The van der Waals surface area contributed by atoms with E-state index in [2.05, 4.69) is 0 Å². The van der Waals surface area contributed by atoms with Crippen LogP contribution in [0.5, 0.6) is 11.5 Å². The Labute approximate surface area is 111 Å². The highest BCUT2D eigenvalue weighted by Crippen LogP contribution is 2.41. The molecule has 0 saturated carbocycles. The van der Waals surface area contributed by atoms with Crippen LogP contribution in [0.1, 0.15) is 12.0 Å². The van der Waals surface area contributed by atoms with Crippen molar-refractivity contribution < 1.29 is 13.9 Å². The van der Waals surface area contributed by atoms with Gasteiger partial charge in [-0.05, 0) is 30.5 Å². The van der Waals surface area contributed by atoms with Crippen molar-refractivity contribution in [3.63, 3.8) is 0 Å². The SMILES string of the molecule is COc1cccc(F)c1-c1cccc2c1OCCC2. The normalized spacial score (nSPS) is 13.6. The highest BCUT2D eigenvalue weighted by atomic mass is 19.1. The van der Waals surface area contributed by atoms with Crippen molar-refractivity contribution in [2.24, 2.45) is 0 Å². The Balaban J connectivity index is 2.23. The van der Waals surface area contributed by atoms with Gasteiger partial charge in [0.05, 0.1) is 19.3 Å². The van der Waals surface area contributed by atoms with E-state index >= 15 is 0 Å². The standard InChI is InChI=1S/C16H15FO2/c1-18-14-9-3-8-13(17)15(14)12-7-2-5-11-6-4-10-19-16(11)12/h2-3,5,7-9H,4,6,10H2,1H3. The Hall–Kier alpha value is -2.03. The molecule has 1 aliphatic rings. The summed E-state index contributed by atoms with van der Waals surface area (Å²) in [7, 11) is 1.55. The van der Waals surface area contributed by atoms with Crippen molar-refractivity contribution >= 4 is 0 Å². The summed E-state index contributed by atoms with van der Waals surface area (Å²) in [5.41, 5.74) is 2.38. The molecule has 0 fully saturated rings. The Kier molecular flexibility index (Phi) is 3.11. The summed E-state index contributed by atoms with van der Waals surface area (Å²) in [6.45, 7) is 0.681. The molecule has 0 aliphatic carbocycles. The summed E-state index contributed by atoms with van der Waals surface area (Å²) in [4.78, 5) is 0. The van der Waals surface area contributed by atoms with E-state index in [0.717, 1.165) is 29.7 Å². The molecule has 2 nitrogen and oxygen atoms in total. The molecule has 2 aromatic rings. The maximum absolute atomic E-state index is 14.2. The van der Waals surface area contributed by atoms with Gasteiger partial charge in [0.1, 0.15) is 17.3 Å². The lowest BCUT2D eigenvalue weighted by atomic mass is 9.96. The van der Waals surface area contributed by atoms with Crippen molar-refractivity contribution in [3.8, 4) is 22.6 Å². The largest absolute Gasteiger partial charge is 0.496 e. The molecule has 0 N–H and O–H groups in total.